The van der Waals surface area contributed by atoms with Crippen LogP contribution < -0.4 is 5.32 Å². The van der Waals surface area contributed by atoms with Crippen molar-refractivity contribution in [2.24, 2.45) is 0 Å². The number of amides is 1. The molecule has 0 unspecified atom stereocenters. The molecule has 110 valence electrons. The number of aromatic carboxylic acids is 1. The molecule has 0 aliphatic heterocycles. The van der Waals surface area contributed by atoms with Crippen LogP contribution in [0.5, 0.6) is 0 Å². The molecule has 8 heteroatoms. The Bertz CT molecular complexity index is 668. The van der Waals surface area contributed by atoms with Gasteiger partial charge in [0, 0.05) is 18.0 Å². The van der Waals surface area contributed by atoms with Crippen LogP contribution in [0.25, 0.3) is 0 Å². The first-order chi connectivity index (χ1) is 9.95. The second-order valence-corrected chi connectivity index (χ2v) is 4.98. The maximum atomic E-state index is 13.0. The minimum atomic E-state index is -1.21. The molecule has 21 heavy (non-hydrogen) atoms. The third-order valence-electron chi connectivity index (χ3n) is 2.54. The van der Waals surface area contributed by atoms with E-state index in [0.29, 0.717) is 5.56 Å². The van der Waals surface area contributed by atoms with Gasteiger partial charge in [-0.15, -0.1) is 11.3 Å². The number of nitrogens with zero attached hydrogens (tertiary/aromatic N) is 1. The Balaban J connectivity index is 1.90. The molecule has 1 aromatic heterocycles. The minimum absolute atomic E-state index is 0.0258. The summed E-state index contributed by atoms with van der Waals surface area (Å²) in [7, 11) is 0. The van der Waals surface area contributed by atoms with Gasteiger partial charge in [-0.3, -0.25) is 4.79 Å². The van der Waals surface area contributed by atoms with Crippen LogP contribution in [0.4, 0.5) is 8.78 Å². The lowest BCUT2D eigenvalue weighted by atomic mass is 10.1. The average molecular weight is 312 g/mol. The van der Waals surface area contributed by atoms with Gasteiger partial charge in [-0.1, -0.05) is 0 Å². The molecular formula is C13H10F2N2O3S. The second kappa shape index (κ2) is 6.40. The number of benzene rings is 1. The Morgan fingerprint density at radius 3 is 2.48 bits per heavy atom. The van der Waals surface area contributed by atoms with Crippen molar-refractivity contribution in [3.05, 3.63) is 51.5 Å². The van der Waals surface area contributed by atoms with Crippen LogP contribution in [0.2, 0.25) is 0 Å². The summed E-state index contributed by atoms with van der Waals surface area (Å²) in [6.07, 6.45) is 0.248. The molecule has 0 radical (unpaired) electrons. The van der Waals surface area contributed by atoms with Gasteiger partial charge in [0.25, 0.3) is 5.91 Å². The summed E-state index contributed by atoms with van der Waals surface area (Å²) in [4.78, 5) is 26.0. The van der Waals surface area contributed by atoms with Crippen molar-refractivity contribution in [2.75, 3.05) is 6.54 Å². The van der Waals surface area contributed by atoms with E-state index in [1.54, 1.807) is 0 Å². The fourth-order valence-electron chi connectivity index (χ4n) is 1.63. The first kappa shape index (κ1) is 15.0. The van der Waals surface area contributed by atoms with Crippen LogP contribution in [0, 0.1) is 11.6 Å². The summed E-state index contributed by atoms with van der Waals surface area (Å²) >= 11 is 0.913. The third kappa shape index (κ3) is 4.06. The number of carboxylic acid groups (broad SMARTS) is 1. The molecule has 0 spiro atoms. The number of thiazole rings is 1. The summed E-state index contributed by atoms with van der Waals surface area (Å²) in [6.45, 7) is 0.156. The zero-order valence-corrected chi connectivity index (χ0v) is 11.4. The van der Waals surface area contributed by atoms with E-state index in [1.807, 2.05) is 0 Å². The number of rotatable bonds is 5. The number of carbonyl (C=O) groups excluding carboxylic acids is 1. The quantitative estimate of drug-likeness (QED) is 0.886. The molecule has 1 amide bonds. The molecule has 2 rings (SSSR count). The monoisotopic (exact) mass is 312 g/mol. The van der Waals surface area contributed by atoms with Crippen LogP contribution in [0.1, 0.15) is 25.9 Å². The highest BCUT2D eigenvalue weighted by molar-refractivity contribution is 7.11. The lowest BCUT2D eigenvalue weighted by Gasteiger charge is -2.04. The van der Waals surface area contributed by atoms with E-state index in [9.17, 15) is 18.4 Å². The standard InChI is InChI=1S/C13H10F2N2O3S/c14-8-3-7(4-9(15)5-8)1-2-16-11(18)12-17-10(6-21-12)13(19)20/h3-6H,1-2H2,(H,16,18)(H,19,20). The fraction of sp³-hybridized carbons (Fsp3) is 0.154. The molecule has 2 N–H and O–H groups in total. The van der Waals surface area contributed by atoms with Crippen LogP contribution >= 0.6 is 11.3 Å². The Labute approximate surface area is 122 Å². The smallest absolute Gasteiger partial charge is 0.355 e. The lowest BCUT2D eigenvalue weighted by molar-refractivity contribution is 0.0691. The predicted molar refractivity (Wildman–Crippen MR) is 71.5 cm³/mol. The molecule has 1 heterocycles. The summed E-state index contributed by atoms with van der Waals surface area (Å²) in [5.74, 6) is -3.09. The molecule has 0 atom stereocenters. The van der Waals surface area contributed by atoms with Crippen LogP contribution in [-0.4, -0.2) is 28.5 Å². The van der Waals surface area contributed by atoms with E-state index in [-0.39, 0.29) is 23.7 Å². The first-order valence-corrected chi connectivity index (χ1v) is 6.75. The van der Waals surface area contributed by atoms with Gasteiger partial charge in [0.05, 0.1) is 0 Å². The van der Waals surface area contributed by atoms with Crippen molar-refractivity contribution < 1.29 is 23.5 Å². The van der Waals surface area contributed by atoms with Crippen molar-refractivity contribution >= 4 is 23.2 Å². The predicted octanol–water partition coefficient (Wildman–Crippen LogP) is 2.09. The van der Waals surface area contributed by atoms with Crippen molar-refractivity contribution in [2.45, 2.75) is 6.42 Å². The van der Waals surface area contributed by atoms with Gasteiger partial charge in [-0.25, -0.2) is 18.6 Å². The van der Waals surface area contributed by atoms with Gasteiger partial charge in [-0.2, -0.15) is 0 Å². The maximum Gasteiger partial charge on any atom is 0.355 e. The first-order valence-electron chi connectivity index (χ1n) is 5.87. The third-order valence-corrected chi connectivity index (χ3v) is 3.38. The highest BCUT2D eigenvalue weighted by Crippen LogP contribution is 2.10. The normalized spacial score (nSPS) is 10.4. The topological polar surface area (TPSA) is 79.3 Å². The van der Waals surface area contributed by atoms with Gasteiger partial charge in [0.15, 0.2) is 10.7 Å². The van der Waals surface area contributed by atoms with Gasteiger partial charge in [0.2, 0.25) is 0 Å². The molecular weight excluding hydrogens is 302 g/mol. The Kier molecular flexibility index (Phi) is 4.59. The van der Waals surface area contributed by atoms with E-state index < -0.39 is 23.5 Å². The number of carboxylic acids is 1. The fourth-order valence-corrected chi connectivity index (χ4v) is 2.33. The number of aromatic nitrogens is 1. The zero-order valence-electron chi connectivity index (χ0n) is 10.6. The summed E-state index contributed by atoms with van der Waals surface area (Å²) in [5, 5.41) is 12.5. The Hall–Kier alpha value is -2.35. The molecule has 0 saturated heterocycles. The SMILES string of the molecule is O=C(O)c1csc(C(=O)NCCc2cc(F)cc(F)c2)n1. The van der Waals surface area contributed by atoms with Crippen molar-refractivity contribution in [1.82, 2.24) is 10.3 Å². The molecule has 0 fully saturated rings. The van der Waals surface area contributed by atoms with Gasteiger partial charge >= 0.3 is 5.97 Å². The molecule has 0 saturated carbocycles. The van der Waals surface area contributed by atoms with Crippen molar-refractivity contribution in [1.29, 1.82) is 0 Å². The van der Waals surface area contributed by atoms with Gasteiger partial charge < -0.3 is 10.4 Å². The van der Waals surface area contributed by atoms with Crippen molar-refractivity contribution in [3.8, 4) is 0 Å². The molecule has 0 bridgehead atoms. The Morgan fingerprint density at radius 1 is 1.24 bits per heavy atom. The highest BCUT2D eigenvalue weighted by Gasteiger charge is 2.14. The van der Waals surface area contributed by atoms with E-state index in [1.165, 1.54) is 17.5 Å². The van der Waals surface area contributed by atoms with Crippen molar-refractivity contribution in [3.63, 3.8) is 0 Å². The number of halogens is 2. The van der Waals surface area contributed by atoms with E-state index in [4.69, 9.17) is 5.11 Å². The average Bonchev–Trinajstić information content (AvgIpc) is 2.87. The van der Waals surface area contributed by atoms with E-state index in [2.05, 4.69) is 10.3 Å². The minimum Gasteiger partial charge on any atom is -0.476 e. The lowest BCUT2D eigenvalue weighted by Crippen LogP contribution is -2.25. The van der Waals surface area contributed by atoms with E-state index in [0.717, 1.165) is 17.4 Å². The zero-order chi connectivity index (χ0) is 15.4. The molecule has 5 nitrogen and oxygen atoms in total. The van der Waals surface area contributed by atoms with Gasteiger partial charge in [-0.05, 0) is 24.1 Å². The molecule has 1 aromatic carbocycles. The second-order valence-electron chi connectivity index (χ2n) is 4.13. The van der Waals surface area contributed by atoms with Crippen LogP contribution in [0.3, 0.4) is 0 Å². The number of carbonyl (C=O) groups is 2. The number of hydrogen-bond donors (Lipinski definition) is 2. The summed E-state index contributed by atoms with van der Waals surface area (Å²) in [5.41, 5.74) is 0.218. The summed E-state index contributed by atoms with van der Waals surface area (Å²) in [6, 6.07) is 3.13. The maximum absolute atomic E-state index is 13.0. The highest BCUT2D eigenvalue weighted by atomic mass is 32.1. The Morgan fingerprint density at radius 2 is 1.90 bits per heavy atom. The van der Waals surface area contributed by atoms with E-state index >= 15 is 0 Å². The number of nitrogens with one attached hydrogen (secondary N) is 1. The van der Waals surface area contributed by atoms with Crippen LogP contribution in [0.15, 0.2) is 23.6 Å². The molecule has 0 aliphatic carbocycles. The van der Waals surface area contributed by atoms with Gasteiger partial charge in [0.1, 0.15) is 11.6 Å². The largest absolute Gasteiger partial charge is 0.476 e. The summed E-state index contributed by atoms with van der Waals surface area (Å²) < 4.78 is 25.9. The molecule has 0 aliphatic rings. The number of hydrogen-bond acceptors (Lipinski definition) is 4. The molecule has 2 aromatic rings. The van der Waals surface area contributed by atoms with Crippen LogP contribution in [-0.2, 0) is 6.42 Å².